The molecular weight excluding hydrogens is 316 g/mol. The molecule has 1 aromatic heterocycles. The van der Waals surface area contributed by atoms with Gasteiger partial charge in [-0.3, -0.25) is 9.82 Å². The number of anilines is 1. The van der Waals surface area contributed by atoms with Gasteiger partial charge in [0.15, 0.2) is 0 Å². The van der Waals surface area contributed by atoms with Crippen LogP contribution in [0.15, 0.2) is 46.5 Å². The van der Waals surface area contributed by atoms with Crippen LogP contribution >= 0.6 is 0 Å². The van der Waals surface area contributed by atoms with Gasteiger partial charge in [-0.25, -0.2) is 21.1 Å². The average molecular weight is 330 g/mol. The van der Waals surface area contributed by atoms with Gasteiger partial charge in [-0.05, 0) is 24.3 Å². The molecule has 0 bridgehead atoms. The van der Waals surface area contributed by atoms with Crippen LogP contribution in [0, 0.1) is 0 Å². The van der Waals surface area contributed by atoms with E-state index in [1.165, 1.54) is 50.8 Å². The van der Waals surface area contributed by atoms with Crippen molar-refractivity contribution in [3.05, 3.63) is 36.7 Å². The van der Waals surface area contributed by atoms with Crippen LogP contribution < -0.4 is 4.72 Å². The normalized spacial score (nSPS) is 12.5. The summed E-state index contributed by atoms with van der Waals surface area (Å²) in [6, 6.07) is 5.44. The summed E-state index contributed by atoms with van der Waals surface area (Å²) in [5, 5.41) is 5.98. The van der Waals surface area contributed by atoms with Crippen molar-refractivity contribution in [3.8, 4) is 0 Å². The lowest BCUT2D eigenvalue weighted by Gasteiger charge is -2.12. The fraction of sp³-hybridized carbons (Fsp3) is 0.182. The zero-order chi connectivity index (χ0) is 15.7. The molecule has 0 amide bonds. The van der Waals surface area contributed by atoms with Gasteiger partial charge < -0.3 is 0 Å². The van der Waals surface area contributed by atoms with E-state index in [0.717, 1.165) is 4.31 Å². The van der Waals surface area contributed by atoms with Gasteiger partial charge in [0.1, 0.15) is 4.90 Å². The number of rotatable bonds is 5. The molecule has 2 N–H and O–H groups in total. The van der Waals surface area contributed by atoms with E-state index in [-0.39, 0.29) is 15.5 Å². The van der Waals surface area contributed by atoms with E-state index in [4.69, 9.17) is 0 Å². The first kappa shape index (κ1) is 15.5. The number of sulfonamides is 2. The van der Waals surface area contributed by atoms with E-state index >= 15 is 0 Å². The lowest BCUT2D eigenvalue weighted by molar-refractivity contribution is 0.521. The molecule has 1 heterocycles. The van der Waals surface area contributed by atoms with Gasteiger partial charge in [0, 0.05) is 26.0 Å². The van der Waals surface area contributed by atoms with Crippen molar-refractivity contribution in [2.75, 3.05) is 18.8 Å². The fourth-order valence-corrected chi connectivity index (χ4v) is 3.37. The molecule has 8 nitrogen and oxygen atoms in total. The van der Waals surface area contributed by atoms with Gasteiger partial charge in [0.25, 0.3) is 10.0 Å². The molecule has 0 unspecified atom stereocenters. The molecule has 0 aliphatic heterocycles. The summed E-state index contributed by atoms with van der Waals surface area (Å²) in [4.78, 5) is 0.0752. The Kier molecular flexibility index (Phi) is 4.03. The van der Waals surface area contributed by atoms with Gasteiger partial charge in [-0.1, -0.05) is 0 Å². The first-order valence-electron chi connectivity index (χ1n) is 5.78. The van der Waals surface area contributed by atoms with E-state index in [9.17, 15) is 16.8 Å². The Morgan fingerprint density at radius 2 is 1.67 bits per heavy atom. The highest BCUT2D eigenvalue weighted by Crippen LogP contribution is 2.19. The van der Waals surface area contributed by atoms with Crippen LogP contribution in [0.5, 0.6) is 0 Å². The third-order valence-corrected chi connectivity index (χ3v) is 5.85. The van der Waals surface area contributed by atoms with E-state index in [2.05, 4.69) is 14.9 Å². The standard InChI is InChI=1S/C11H14N4O4S2/c1-15(2)21(18,19)10-5-3-9(4-6-10)14-20(16,17)11-7-12-13-8-11/h3-8,14H,1-2H3,(H,12,13). The molecule has 21 heavy (non-hydrogen) atoms. The zero-order valence-corrected chi connectivity index (χ0v) is 12.9. The molecule has 0 saturated carbocycles. The number of hydrogen-bond acceptors (Lipinski definition) is 5. The maximum Gasteiger partial charge on any atom is 0.265 e. The second kappa shape index (κ2) is 5.47. The van der Waals surface area contributed by atoms with E-state index in [0.29, 0.717) is 0 Å². The second-order valence-electron chi connectivity index (χ2n) is 4.35. The third kappa shape index (κ3) is 3.23. The maximum absolute atomic E-state index is 12.0. The molecule has 2 rings (SSSR count). The molecule has 0 aliphatic rings. The minimum Gasteiger partial charge on any atom is -0.284 e. The summed E-state index contributed by atoms with van der Waals surface area (Å²) < 4.78 is 51.1. The monoisotopic (exact) mass is 330 g/mol. The van der Waals surface area contributed by atoms with Crippen LogP contribution in [-0.2, 0) is 20.0 Å². The lowest BCUT2D eigenvalue weighted by Crippen LogP contribution is -2.22. The summed E-state index contributed by atoms with van der Waals surface area (Å²) in [5.41, 5.74) is 0.258. The summed E-state index contributed by atoms with van der Waals surface area (Å²) in [6.07, 6.45) is 2.42. The Morgan fingerprint density at radius 3 is 2.14 bits per heavy atom. The van der Waals surface area contributed by atoms with Gasteiger partial charge >= 0.3 is 0 Å². The minimum absolute atomic E-state index is 0.00695. The number of hydrogen-bond donors (Lipinski definition) is 2. The molecule has 2 aromatic rings. The van der Waals surface area contributed by atoms with E-state index in [1.807, 2.05) is 0 Å². The number of aromatic nitrogens is 2. The molecule has 0 aliphatic carbocycles. The zero-order valence-electron chi connectivity index (χ0n) is 11.3. The van der Waals surface area contributed by atoms with Crippen LogP contribution in [0.25, 0.3) is 0 Å². The van der Waals surface area contributed by atoms with Crippen LogP contribution in [-0.4, -0.2) is 45.4 Å². The lowest BCUT2D eigenvalue weighted by atomic mass is 10.3. The molecule has 0 saturated heterocycles. The highest BCUT2D eigenvalue weighted by molar-refractivity contribution is 7.92. The number of H-pyrrole nitrogens is 1. The molecular formula is C11H14N4O4S2. The van der Waals surface area contributed by atoms with Crippen molar-refractivity contribution in [2.24, 2.45) is 0 Å². The molecule has 10 heteroatoms. The number of nitrogens with one attached hydrogen (secondary N) is 2. The second-order valence-corrected chi connectivity index (χ2v) is 8.19. The predicted molar refractivity (Wildman–Crippen MR) is 76.7 cm³/mol. The first-order valence-corrected chi connectivity index (χ1v) is 8.70. The van der Waals surface area contributed by atoms with Gasteiger partial charge in [-0.15, -0.1) is 0 Å². The molecule has 0 atom stereocenters. The molecule has 0 radical (unpaired) electrons. The van der Waals surface area contributed by atoms with Crippen molar-refractivity contribution >= 4 is 25.7 Å². The maximum atomic E-state index is 12.0. The molecule has 1 aromatic carbocycles. The van der Waals surface area contributed by atoms with E-state index < -0.39 is 20.0 Å². The van der Waals surface area contributed by atoms with Crippen molar-refractivity contribution in [3.63, 3.8) is 0 Å². The Balaban J connectivity index is 2.25. The minimum atomic E-state index is -3.74. The first-order chi connectivity index (χ1) is 9.73. The third-order valence-electron chi connectivity index (χ3n) is 2.67. The smallest absolute Gasteiger partial charge is 0.265 e. The van der Waals surface area contributed by atoms with Gasteiger partial charge in [-0.2, -0.15) is 5.10 Å². The molecule has 0 fully saturated rings. The Labute approximate surface area is 122 Å². The largest absolute Gasteiger partial charge is 0.284 e. The number of nitrogens with zero attached hydrogens (tertiary/aromatic N) is 2. The molecule has 114 valence electrons. The van der Waals surface area contributed by atoms with Crippen LogP contribution in [0.2, 0.25) is 0 Å². The van der Waals surface area contributed by atoms with Gasteiger partial charge in [0.05, 0.1) is 11.1 Å². The van der Waals surface area contributed by atoms with Crippen molar-refractivity contribution in [2.45, 2.75) is 9.79 Å². The highest BCUT2D eigenvalue weighted by Gasteiger charge is 2.18. The van der Waals surface area contributed by atoms with Crippen LogP contribution in [0.4, 0.5) is 5.69 Å². The van der Waals surface area contributed by atoms with Crippen molar-refractivity contribution < 1.29 is 16.8 Å². The summed E-state index contributed by atoms with van der Waals surface area (Å²) in [5.74, 6) is 0. The summed E-state index contributed by atoms with van der Waals surface area (Å²) in [7, 11) is -4.43. The number of benzene rings is 1. The Morgan fingerprint density at radius 1 is 1.05 bits per heavy atom. The topological polar surface area (TPSA) is 112 Å². The van der Waals surface area contributed by atoms with Crippen LogP contribution in [0.1, 0.15) is 0 Å². The molecule has 0 spiro atoms. The van der Waals surface area contributed by atoms with Crippen molar-refractivity contribution in [1.82, 2.24) is 14.5 Å². The predicted octanol–water partition coefficient (Wildman–Crippen LogP) is 0.461. The van der Waals surface area contributed by atoms with Crippen LogP contribution in [0.3, 0.4) is 0 Å². The SMILES string of the molecule is CN(C)S(=O)(=O)c1ccc(NS(=O)(=O)c2cn[nH]c2)cc1. The van der Waals surface area contributed by atoms with E-state index in [1.54, 1.807) is 0 Å². The van der Waals surface area contributed by atoms with Gasteiger partial charge in [0.2, 0.25) is 10.0 Å². The number of aromatic amines is 1. The average Bonchev–Trinajstić information content (AvgIpc) is 2.93. The fourth-order valence-electron chi connectivity index (χ4n) is 1.51. The summed E-state index contributed by atoms with van der Waals surface area (Å²) >= 11 is 0. The Hall–Kier alpha value is -1.91. The summed E-state index contributed by atoms with van der Waals surface area (Å²) in [6.45, 7) is 0. The van der Waals surface area contributed by atoms with Crippen molar-refractivity contribution in [1.29, 1.82) is 0 Å². The Bertz CT molecular complexity index is 810. The quantitative estimate of drug-likeness (QED) is 0.827. The highest BCUT2D eigenvalue weighted by atomic mass is 32.2.